The van der Waals surface area contributed by atoms with Gasteiger partial charge in [0.15, 0.2) is 0 Å². The number of ether oxygens (including phenoxy) is 1. The molecule has 0 saturated carbocycles. The molecule has 1 fully saturated rings. The molecule has 1 heterocycles. The Labute approximate surface area is 287 Å². The third-order valence-electron chi connectivity index (χ3n) is 9.36. The lowest BCUT2D eigenvalue weighted by Crippen LogP contribution is -2.32. The van der Waals surface area contributed by atoms with Crippen molar-refractivity contribution in [1.82, 2.24) is 5.32 Å². The average Bonchev–Trinajstić information content (AvgIpc) is 3.30. The van der Waals surface area contributed by atoms with E-state index in [1.54, 1.807) is 13.2 Å². The molecule has 2 bridgehead atoms. The van der Waals surface area contributed by atoms with Crippen molar-refractivity contribution in [2.24, 2.45) is 0 Å². The fraction of sp³-hybridized carbons (Fsp3) is 0.537. The van der Waals surface area contributed by atoms with Crippen LogP contribution in [0.2, 0.25) is 0 Å². The minimum atomic E-state index is -4.43. The number of anilines is 1. The SMILES string of the molecule is C=C(NC(C=O)Cc1cccc(C(F)(F)F)c1)c1ccc(C(C)CCCCCCC)c(N2CCCC3=CC(OC)CC=C(C3)C2)c1.CC. The van der Waals surface area contributed by atoms with E-state index in [4.69, 9.17) is 4.74 Å². The highest BCUT2D eigenvalue weighted by Crippen LogP contribution is 2.36. The zero-order valence-corrected chi connectivity index (χ0v) is 29.8. The summed E-state index contributed by atoms with van der Waals surface area (Å²) in [4.78, 5) is 14.6. The molecule has 1 aliphatic carbocycles. The molecule has 4 rings (SSSR count). The molecule has 7 heteroatoms. The van der Waals surface area contributed by atoms with Gasteiger partial charge in [0.25, 0.3) is 0 Å². The van der Waals surface area contributed by atoms with Gasteiger partial charge in [-0.2, -0.15) is 13.2 Å². The van der Waals surface area contributed by atoms with Gasteiger partial charge in [-0.05, 0) is 73.3 Å². The topological polar surface area (TPSA) is 41.6 Å². The van der Waals surface area contributed by atoms with Gasteiger partial charge in [0, 0.05) is 31.6 Å². The number of unbranched alkanes of at least 4 members (excludes halogenated alkanes) is 4. The molecule has 264 valence electrons. The van der Waals surface area contributed by atoms with E-state index >= 15 is 0 Å². The van der Waals surface area contributed by atoms with Crippen molar-refractivity contribution in [1.29, 1.82) is 0 Å². The Morgan fingerprint density at radius 1 is 1.10 bits per heavy atom. The van der Waals surface area contributed by atoms with E-state index in [2.05, 4.69) is 61.0 Å². The lowest BCUT2D eigenvalue weighted by molar-refractivity contribution is -0.137. The van der Waals surface area contributed by atoms with Gasteiger partial charge < -0.3 is 19.7 Å². The summed E-state index contributed by atoms with van der Waals surface area (Å²) in [5.74, 6) is 0.386. The molecule has 1 saturated heterocycles. The molecule has 3 atom stereocenters. The third kappa shape index (κ3) is 11.7. The van der Waals surface area contributed by atoms with Crippen molar-refractivity contribution in [3.05, 3.63) is 94.6 Å². The van der Waals surface area contributed by atoms with E-state index in [9.17, 15) is 18.0 Å². The first-order valence-corrected chi connectivity index (χ1v) is 18.0. The highest BCUT2D eigenvalue weighted by molar-refractivity contribution is 5.72. The quantitative estimate of drug-likeness (QED) is 0.117. The van der Waals surface area contributed by atoms with E-state index in [-0.39, 0.29) is 12.5 Å². The second-order valence-electron chi connectivity index (χ2n) is 13.0. The van der Waals surface area contributed by atoms with Gasteiger partial charge in [0.05, 0.1) is 17.7 Å². The fourth-order valence-electron chi connectivity index (χ4n) is 6.72. The van der Waals surface area contributed by atoms with Crippen molar-refractivity contribution in [2.75, 3.05) is 25.1 Å². The monoisotopic (exact) mass is 666 g/mol. The zero-order chi connectivity index (χ0) is 35.1. The number of rotatable bonds is 15. The maximum absolute atomic E-state index is 13.3. The molecule has 2 aliphatic rings. The average molecular weight is 667 g/mol. The smallest absolute Gasteiger partial charge is 0.377 e. The molecule has 2 aromatic carbocycles. The molecule has 4 nitrogen and oxygen atoms in total. The van der Waals surface area contributed by atoms with E-state index < -0.39 is 17.8 Å². The second kappa shape index (κ2) is 19.6. The number of allylic oxidation sites excluding steroid dienone is 1. The zero-order valence-electron chi connectivity index (χ0n) is 29.8. The highest BCUT2D eigenvalue weighted by Gasteiger charge is 2.30. The Bertz CT molecular complexity index is 1380. The number of hydrogen-bond acceptors (Lipinski definition) is 4. The van der Waals surface area contributed by atoms with Crippen LogP contribution in [0.25, 0.3) is 5.70 Å². The van der Waals surface area contributed by atoms with Crippen LogP contribution in [0, 0.1) is 0 Å². The van der Waals surface area contributed by atoms with E-state index in [0.717, 1.165) is 69.2 Å². The number of aldehydes is 1. The normalized spacial score (nSPS) is 17.8. The summed E-state index contributed by atoms with van der Waals surface area (Å²) < 4.78 is 45.5. The number of alkyl halides is 3. The molecule has 3 unspecified atom stereocenters. The van der Waals surface area contributed by atoms with E-state index in [1.165, 1.54) is 60.6 Å². The maximum atomic E-state index is 13.3. The van der Waals surface area contributed by atoms with Crippen LogP contribution in [0.3, 0.4) is 0 Å². The standard InChI is InChI=1S/C39H51F3N2O2.C2H6/c1-5-6-7-8-9-12-28(2)37-19-17-33(29(3)43-35(27-45)23-31-13-10-15-34(22-31)39(40,41)42)25-38(37)44-20-11-14-30-21-32(26-44)16-18-36(24-30)46-4;1-2/h10,13,15-17,19,22,24-25,27-28,35-36,43H,3,5-9,11-12,14,18,20-21,23,26H2,1-2,4H3;1-2H3. The molecule has 48 heavy (non-hydrogen) atoms. The van der Waals surface area contributed by atoms with Crippen LogP contribution in [0.4, 0.5) is 18.9 Å². The summed E-state index contributed by atoms with van der Waals surface area (Å²) in [5.41, 5.74) is 6.57. The lowest BCUT2D eigenvalue weighted by atomic mass is 9.90. The predicted molar refractivity (Wildman–Crippen MR) is 194 cm³/mol. The molecule has 2 aromatic rings. The first kappa shape index (κ1) is 39.1. The van der Waals surface area contributed by atoms with Gasteiger partial charge in [-0.3, -0.25) is 0 Å². The van der Waals surface area contributed by atoms with Crippen molar-refractivity contribution >= 4 is 17.7 Å². The number of nitrogens with one attached hydrogen (secondary N) is 1. The van der Waals surface area contributed by atoms with Gasteiger partial charge in [0.1, 0.15) is 6.29 Å². The minimum Gasteiger partial charge on any atom is -0.377 e. The van der Waals surface area contributed by atoms with Crippen LogP contribution in [-0.4, -0.2) is 38.6 Å². The summed E-state index contributed by atoms with van der Waals surface area (Å²) in [7, 11) is 1.78. The van der Waals surface area contributed by atoms with Gasteiger partial charge in [-0.25, -0.2) is 0 Å². The van der Waals surface area contributed by atoms with Crippen molar-refractivity contribution in [3.8, 4) is 0 Å². The first-order chi connectivity index (χ1) is 23.1. The van der Waals surface area contributed by atoms with E-state index in [1.807, 2.05) is 13.8 Å². The predicted octanol–water partition coefficient (Wildman–Crippen LogP) is 10.8. The Hall–Kier alpha value is -3.32. The van der Waals surface area contributed by atoms with Crippen LogP contribution in [-0.2, 0) is 22.1 Å². The first-order valence-electron chi connectivity index (χ1n) is 18.0. The van der Waals surface area contributed by atoms with E-state index in [0.29, 0.717) is 17.2 Å². The molecule has 0 radical (unpaired) electrons. The van der Waals surface area contributed by atoms with Crippen LogP contribution in [0.5, 0.6) is 0 Å². The fourth-order valence-corrected chi connectivity index (χ4v) is 6.72. The van der Waals surface area contributed by atoms with Crippen molar-refractivity contribution in [2.45, 2.75) is 123 Å². The lowest BCUT2D eigenvalue weighted by Gasteiger charge is -2.33. The Morgan fingerprint density at radius 2 is 1.88 bits per heavy atom. The van der Waals surface area contributed by atoms with Crippen LogP contribution in [0.1, 0.15) is 120 Å². The number of nitrogens with zero attached hydrogens (tertiary/aromatic N) is 1. The summed E-state index contributed by atoms with van der Waals surface area (Å²) in [6.45, 7) is 14.6. The summed E-state index contributed by atoms with van der Waals surface area (Å²) in [6, 6.07) is 10.9. The molecule has 0 aromatic heterocycles. The summed E-state index contributed by atoms with van der Waals surface area (Å²) >= 11 is 0. The molecule has 0 spiro atoms. The number of hydrogen-bond donors (Lipinski definition) is 1. The van der Waals surface area contributed by atoms with Crippen LogP contribution in [0.15, 0.2) is 72.3 Å². The molecule has 1 aliphatic heterocycles. The molecular weight excluding hydrogens is 609 g/mol. The van der Waals surface area contributed by atoms with Crippen LogP contribution >= 0.6 is 0 Å². The second-order valence-corrected chi connectivity index (χ2v) is 13.0. The Kier molecular flexibility index (Phi) is 16.0. The van der Waals surface area contributed by atoms with Gasteiger partial charge in [-0.1, -0.05) is 120 Å². The largest absolute Gasteiger partial charge is 0.416 e. The maximum Gasteiger partial charge on any atom is 0.416 e. The molecule has 0 amide bonds. The van der Waals surface area contributed by atoms with Gasteiger partial charge >= 0.3 is 6.18 Å². The van der Waals surface area contributed by atoms with Crippen molar-refractivity contribution in [3.63, 3.8) is 0 Å². The van der Waals surface area contributed by atoms with Crippen LogP contribution < -0.4 is 10.2 Å². The number of carbonyl (C=O) groups excluding carboxylic acids is 1. The minimum absolute atomic E-state index is 0.127. The van der Waals surface area contributed by atoms with Gasteiger partial charge in [0.2, 0.25) is 0 Å². The van der Waals surface area contributed by atoms with Gasteiger partial charge in [-0.15, -0.1) is 0 Å². The van der Waals surface area contributed by atoms with Crippen molar-refractivity contribution < 1.29 is 22.7 Å². The molecular formula is C41H57F3N2O2. The Morgan fingerprint density at radius 3 is 2.58 bits per heavy atom. The number of fused-ring (bicyclic) bond motifs is 2. The third-order valence-corrected chi connectivity index (χ3v) is 9.36. The Balaban J connectivity index is 0.00000307. The number of halogens is 3. The molecule has 1 N–H and O–H groups in total. The number of benzene rings is 2. The number of carbonyl (C=O) groups is 1. The number of methoxy groups -OCH3 is 1. The summed E-state index contributed by atoms with van der Waals surface area (Å²) in [5, 5.41) is 3.20. The summed E-state index contributed by atoms with van der Waals surface area (Å²) in [6.07, 6.45) is 12.5. The highest BCUT2D eigenvalue weighted by atomic mass is 19.4.